The summed E-state index contributed by atoms with van der Waals surface area (Å²) >= 11 is 11.6. The molecule has 0 aliphatic heterocycles. The lowest BCUT2D eigenvalue weighted by Crippen LogP contribution is -2.02. The highest BCUT2D eigenvalue weighted by Gasteiger charge is 2.22. The quantitative estimate of drug-likeness (QED) is 0.769. The summed E-state index contributed by atoms with van der Waals surface area (Å²) in [7, 11) is 0. The number of hydrogen-bond donors (Lipinski definition) is 0. The number of rotatable bonds is 4. The molecular formula is C12H10Cl2F2N2. The second-order valence-corrected chi connectivity index (χ2v) is 4.36. The Balaban J connectivity index is 2.34. The van der Waals surface area contributed by atoms with Gasteiger partial charge in [-0.25, -0.2) is 13.5 Å². The minimum absolute atomic E-state index is 0.0761. The molecule has 2 nitrogen and oxygen atoms in total. The van der Waals surface area contributed by atoms with E-state index in [1.54, 1.807) is 0 Å². The van der Waals surface area contributed by atoms with Crippen molar-refractivity contribution in [1.82, 2.24) is 9.78 Å². The maximum Gasteiger partial charge on any atom is 0.282 e. The van der Waals surface area contributed by atoms with Gasteiger partial charge < -0.3 is 0 Å². The van der Waals surface area contributed by atoms with E-state index in [0.29, 0.717) is 6.54 Å². The molecule has 1 aromatic carbocycles. The molecule has 0 atom stereocenters. The zero-order valence-corrected chi connectivity index (χ0v) is 10.8. The van der Waals surface area contributed by atoms with E-state index in [4.69, 9.17) is 23.2 Å². The van der Waals surface area contributed by atoms with Crippen LogP contribution in [0.5, 0.6) is 0 Å². The predicted molar refractivity (Wildman–Crippen MR) is 67.3 cm³/mol. The third-order valence-electron chi connectivity index (χ3n) is 2.53. The molecule has 0 aliphatic carbocycles. The summed E-state index contributed by atoms with van der Waals surface area (Å²) < 4.78 is 26.9. The standard InChI is InChI=1S/C12H10Cl2F2N2/c13-6-9-10(12(15)16)17-18(11(9)14)7-8-4-2-1-3-5-8/h1-5,12H,6-7H2. The Morgan fingerprint density at radius 1 is 1.22 bits per heavy atom. The lowest BCUT2D eigenvalue weighted by Gasteiger charge is -2.03. The van der Waals surface area contributed by atoms with Crippen LogP contribution in [0.2, 0.25) is 5.15 Å². The smallest absolute Gasteiger partial charge is 0.249 e. The Labute approximate surface area is 113 Å². The molecule has 2 rings (SSSR count). The van der Waals surface area contributed by atoms with Crippen LogP contribution in [0.4, 0.5) is 8.78 Å². The van der Waals surface area contributed by atoms with Gasteiger partial charge in [0, 0.05) is 5.56 Å². The molecule has 0 radical (unpaired) electrons. The van der Waals surface area contributed by atoms with Gasteiger partial charge in [0.2, 0.25) is 0 Å². The number of alkyl halides is 3. The highest BCUT2D eigenvalue weighted by molar-refractivity contribution is 6.31. The molecule has 2 aromatic rings. The molecule has 0 saturated heterocycles. The van der Waals surface area contributed by atoms with Crippen LogP contribution in [0.3, 0.4) is 0 Å². The zero-order valence-electron chi connectivity index (χ0n) is 9.28. The number of hydrogen-bond acceptors (Lipinski definition) is 1. The molecule has 0 spiro atoms. The van der Waals surface area contributed by atoms with Crippen LogP contribution in [-0.2, 0) is 12.4 Å². The van der Waals surface area contributed by atoms with Crippen molar-refractivity contribution < 1.29 is 8.78 Å². The summed E-state index contributed by atoms with van der Waals surface area (Å²) in [6.45, 7) is 0.344. The van der Waals surface area contributed by atoms with Crippen LogP contribution in [-0.4, -0.2) is 9.78 Å². The Hall–Kier alpha value is -1.13. The van der Waals surface area contributed by atoms with Crippen LogP contribution >= 0.6 is 23.2 Å². The van der Waals surface area contributed by atoms with Gasteiger partial charge in [0.15, 0.2) is 0 Å². The fraction of sp³-hybridized carbons (Fsp3) is 0.250. The first-order chi connectivity index (χ1) is 8.63. The Kier molecular flexibility index (Phi) is 4.19. The average molecular weight is 291 g/mol. The van der Waals surface area contributed by atoms with Crippen molar-refractivity contribution in [3.05, 3.63) is 52.3 Å². The zero-order chi connectivity index (χ0) is 13.1. The molecule has 96 valence electrons. The first kappa shape index (κ1) is 13.3. The SMILES string of the molecule is FC(F)c1nn(Cc2ccccc2)c(Cl)c1CCl. The fourth-order valence-electron chi connectivity index (χ4n) is 1.66. The van der Waals surface area contributed by atoms with Crippen molar-refractivity contribution in [2.75, 3.05) is 0 Å². The minimum atomic E-state index is -2.67. The van der Waals surface area contributed by atoms with Gasteiger partial charge in [0.05, 0.1) is 12.4 Å². The first-order valence-electron chi connectivity index (χ1n) is 5.26. The third-order valence-corrected chi connectivity index (χ3v) is 3.22. The lowest BCUT2D eigenvalue weighted by molar-refractivity contribution is 0.144. The van der Waals surface area contributed by atoms with Gasteiger partial charge in [0.25, 0.3) is 6.43 Å². The number of benzene rings is 1. The molecule has 0 amide bonds. The summed E-state index contributed by atoms with van der Waals surface area (Å²) in [5, 5.41) is 4.00. The van der Waals surface area contributed by atoms with Gasteiger partial charge >= 0.3 is 0 Å². The fourth-order valence-corrected chi connectivity index (χ4v) is 2.25. The van der Waals surface area contributed by atoms with Crippen LogP contribution in [0.1, 0.15) is 23.2 Å². The van der Waals surface area contributed by atoms with Gasteiger partial charge in [-0.1, -0.05) is 41.9 Å². The normalized spacial score (nSPS) is 11.2. The van der Waals surface area contributed by atoms with E-state index >= 15 is 0 Å². The third kappa shape index (κ3) is 2.65. The Morgan fingerprint density at radius 3 is 2.39 bits per heavy atom. The van der Waals surface area contributed by atoms with E-state index in [1.807, 2.05) is 30.3 Å². The van der Waals surface area contributed by atoms with Crippen molar-refractivity contribution in [3.8, 4) is 0 Å². The molecule has 0 bridgehead atoms. The van der Waals surface area contributed by atoms with Crippen LogP contribution in [0, 0.1) is 0 Å². The molecule has 0 aliphatic rings. The molecule has 6 heteroatoms. The minimum Gasteiger partial charge on any atom is -0.249 e. The molecule has 1 aromatic heterocycles. The predicted octanol–water partition coefficient (Wildman–Crippen LogP) is 4.26. The van der Waals surface area contributed by atoms with Crippen molar-refractivity contribution in [2.45, 2.75) is 18.9 Å². The van der Waals surface area contributed by atoms with Crippen LogP contribution < -0.4 is 0 Å². The topological polar surface area (TPSA) is 17.8 Å². The second-order valence-electron chi connectivity index (χ2n) is 3.73. The van der Waals surface area contributed by atoms with E-state index in [2.05, 4.69) is 5.10 Å². The highest BCUT2D eigenvalue weighted by Crippen LogP contribution is 2.29. The molecular weight excluding hydrogens is 281 g/mol. The summed E-state index contributed by atoms with van der Waals surface area (Å²) in [5.41, 5.74) is 0.791. The largest absolute Gasteiger partial charge is 0.282 e. The molecule has 0 saturated carbocycles. The van der Waals surface area contributed by atoms with Crippen molar-refractivity contribution >= 4 is 23.2 Å². The maximum atomic E-state index is 12.8. The van der Waals surface area contributed by atoms with Gasteiger partial charge in [0.1, 0.15) is 10.8 Å². The Morgan fingerprint density at radius 2 is 1.89 bits per heavy atom. The molecule has 0 unspecified atom stereocenters. The molecule has 1 heterocycles. The summed E-state index contributed by atoms with van der Waals surface area (Å²) in [4.78, 5) is 0. The molecule has 18 heavy (non-hydrogen) atoms. The first-order valence-corrected chi connectivity index (χ1v) is 6.18. The van der Waals surface area contributed by atoms with Gasteiger partial charge in [-0.05, 0) is 5.56 Å². The summed E-state index contributed by atoms with van der Waals surface area (Å²) in [6.07, 6.45) is -2.67. The number of nitrogens with zero attached hydrogens (tertiary/aromatic N) is 2. The van der Waals surface area contributed by atoms with E-state index in [-0.39, 0.29) is 22.3 Å². The maximum absolute atomic E-state index is 12.8. The van der Waals surface area contributed by atoms with E-state index in [1.165, 1.54) is 4.68 Å². The van der Waals surface area contributed by atoms with E-state index in [9.17, 15) is 8.78 Å². The summed E-state index contributed by atoms with van der Waals surface area (Å²) in [6, 6.07) is 9.36. The van der Waals surface area contributed by atoms with Crippen LogP contribution in [0.25, 0.3) is 0 Å². The Bertz CT molecular complexity index is 526. The van der Waals surface area contributed by atoms with Gasteiger partial charge in [-0.3, -0.25) is 0 Å². The molecule has 0 N–H and O–H groups in total. The molecule has 0 fully saturated rings. The van der Waals surface area contributed by atoms with Gasteiger partial charge in [-0.15, -0.1) is 11.6 Å². The highest BCUT2D eigenvalue weighted by atomic mass is 35.5. The number of aromatic nitrogens is 2. The van der Waals surface area contributed by atoms with Crippen molar-refractivity contribution in [2.24, 2.45) is 0 Å². The van der Waals surface area contributed by atoms with E-state index < -0.39 is 6.43 Å². The van der Waals surface area contributed by atoms with Crippen molar-refractivity contribution in [1.29, 1.82) is 0 Å². The van der Waals surface area contributed by atoms with Crippen LogP contribution in [0.15, 0.2) is 30.3 Å². The average Bonchev–Trinajstić information content (AvgIpc) is 2.68. The monoisotopic (exact) mass is 290 g/mol. The second kappa shape index (κ2) is 5.67. The van der Waals surface area contributed by atoms with E-state index in [0.717, 1.165) is 5.56 Å². The van der Waals surface area contributed by atoms with Crippen molar-refractivity contribution in [3.63, 3.8) is 0 Å². The lowest BCUT2D eigenvalue weighted by atomic mass is 10.2. The van der Waals surface area contributed by atoms with Gasteiger partial charge in [-0.2, -0.15) is 5.10 Å². The summed E-state index contributed by atoms with van der Waals surface area (Å²) in [5.74, 6) is -0.0761. The number of halogens is 4.